The number of nitrogens with zero attached hydrogens (tertiary/aromatic N) is 3. The van der Waals surface area contributed by atoms with Gasteiger partial charge in [-0.15, -0.1) is 5.11 Å². The molecule has 1 heterocycles. The predicted molar refractivity (Wildman–Crippen MR) is 123 cm³/mol. The van der Waals surface area contributed by atoms with Crippen LogP contribution in [0, 0.1) is 0 Å². The average molecular weight is 505 g/mol. The first-order chi connectivity index (χ1) is 14.5. The van der Waals surface area contributed by atoms with Gasteiger partial charge in [-0.3, -0.25) is 14.1 Å². The van der Waals surface area contributed by atoms with Crippen molar-refractivity contribution in [3.8, 4) is 5.75 Å². The minimum atomic E-state index is -4.62. The molecule has 0 spiro atoms. The van der Waals surface area contributed by atoms with Crippen LogP contribution < -0.4 is 0 Å². The van der Waals surface area contributed by atoms with Crippen LogP contribution in [0.2, 0.25) is 0 Å². The van der Waals surface area contributed by atoms with Gasteiger partial charge in [-0.05, 0) is 53.2 Å². The van der Waals surface area contributed by atoms with Crippen molar-refractivity contribution in [3.63, 3.8) is 0 Å². The molecule has 14 heteroatoms. The maximum atomic E-state index is 11.7. The summed E-state index contributed by atoms with van der Waals surface area (Å²) in [6, 6.07) is 12.5. The molecule has 0 amide bonds. The summed E-state index contributed by atoms with van der Waals surface area (Å²) in [5.41, 5.74) is 0.0319. The number of aromatic hydroxyl groups is 1. The quantitative estimate of drug-likeness (QED) is 0.216. The summed E-state index contributed by atoms with van der Waals surface area (Å²) < 4.78 is 64.7. The van der Waals surface area contributed by atoms with E-state index in [1.165, 1.54) is 42.6 Å². The van der Waals surface area contributed by atoms with Crippen LogP contribution in [-0.4, -0.2) is 95.1 Å². The van der Waals surface area contributed by atoms with Crippen LogP contribution in [0.25, 0.3) is 21.7 Å². The molecular weight excluding hydrogens is 492 g/mol. The van der Waals surface area contributed by atoms with E-state index >= 15 is 0 Å². The second-order valence-corrected chi connectivity index (χ2v) is 9.30. The number of aromatic nitrogens is 1. The van der Waals surface area contributed by atoms with Crippen LogP contribution in [0.4, 0.5) is 11.4 Å². The molecule has 2 radical (unpaired) electrons. The van der Waals surface area contributed by atoms with E-state index in [1.807, 2.05) is 0 Å². The van der Waals surface area contributed by atoms with Gasteiger partial charge in [0.2, 0.25) is 0 Å². The fraction of sp³-hybridized carbons (Fsp3) is 0. The summed E-state index contributed by atoms with van der Waals surface area (Å²) in [7, 11) is -8.95. The first-order valence-electron chi connectivity index (χ1n) is 8.55. The third-order valence-corrected chi connectivity index (χ3v) is 6.20. The second kappa shape index (κ2) is 10.4. The van der Waals surface area contributed by atoms with Crippen molar-refractivity contribution >= 4 is 112 Å². The largest absolute Gasteiger partial charge is 0.504 e. The molecular formula is C19H13N3Na2O7S2. The molecule has 0 unspecified atom stereocenters. The summed E-state index contributed by atoms with van der Waals surface area (Å²) in [6.07, 6.45) is 1.35. The molecule has 0 fully saturated rings. The third-order valence-electron chi connectivity index (χ3n) is 4.45. The van der Waals surface area contributed by atoms with E-state index in [9.17, 15) is 26.5 Å². The minimum absolute atomic E-state index is 0. The Labute approximate surface area is 232 Å². The third kappa shape index (κ3) is 5.98. The van der Waals surface area contributed by atoms with Gasteiger partial charge in [-0.1, -0.05) is 12.1 Å². The van der Waals surface area contributed by atoms with Crippen LogP contribution in [0.15, 0.2) is 80.8 Å². The molecule has 4 rings (SSSR count). The average Bonchev–Trinajstić information content (AvgIpc) is 2.71. The zero-order valence-electron chi connectivity index (χ0n) is 17.4. The maximum Gasteiger partial charge on any atom is 0.295 e. The summed E-state index contributed by atoms with van der Waals surface area (Å²) in [5.74, 6) is -0.412. The number of hydrogen-bond acceptors (Lipinski definition) is 8. The Morgan fingerprint density at radius 1 is 0.788 bits per heavy atom. The molecule has 160 valence electrons. The molecule has 0 saturated carbocycles. The van der Waals surface area contributed by atoms with E-state index < -0.39 is 30.9 Å². The fourth-order valence-corrected chi connectivity index (χ4v) is 4.24. The fourth-order valence-electron chi connectivity index (χ4n) is 3.02. The molecule has 3 aromatic carbocycles. The standard InChI is InChI=1S/C19H13N3O7S2.2Na/c23-19-16(10-17(31(27,28)29)15-2-1-7-20-18(15)19)22-21-13-5-3-12-9-14(30(24,25)26)6-4-11(12)8-13;;/h1-10,23H,(H,24,25,26)(H,27,28,29);;. The van der Waals surface area contributed by atoms with Crippen LogP contribution in [0.3, 0.4) is 0 Å². The van der Waals surface area contributed by atoms with E-state index in [4.69, 9.17) is 4.55 Å². The number of azo groups is 1. The number of hydrogen-bond donors (Lipinski definition) is 3. The molecule has 0 aliphatic rings. The minimum Gasteiger partial charge on any atom is -0.504 e. The number of pyridine rings is 1. The van der Waals surface area contributed by atoms with E-state index in [-0.39, 0.29) is 80.6 Å². The smallest absolute Gasteiger partial charge is 0.295 e. The van der Waals surface area contributed by atoms with Crippen LogP contribution >= 0.6 is 0 Å². The summed E-state index contributed by atoms with van der Waals surface area (Å²) in [4.78, 5) is 3.22. The van der Waals surface area contributed by atoms with E-state index in [0.717, 1.165) is 6.07 Å². The van der Waals surface area contributed by atoms with Crippen LogP contribution in [0.5, 0.6) is 5.75 Å². The normalized spacial score (nSPS) is 11.9. The van der Waals surface area contributed by atoms with Crippen LogP contribution in [-0.2, 0) is 20.2 Å². The Kier molecular flexibility index (Phi) is 8.79. The first kappa shape index (κ1) is 27.8. The topological polar surface area (TPSA) is 167 Å². The van der Waals surface area contributed by atoms with Gasteiger partial charge in [-0.2, -0.15) is 21.9 Å². The van der Waals surface area contributed by atoms with E-state index in [1.54, 1.807) is 12.1 Å². The number of benzene rings is 3. The molecule has 1 aromatic heterocycles. The molecule has 4 aromatic rings. The first-order valence-corrected chi connectivity index (χ1v) is 11.4. The number of phenolic OH excluding ortho intramolecular Hbond substituents is 1. The van der Waals surface area contributed by atoms with Gasteiger partial charge in [0.1, 0.15) is 16.1 Å². The van der Waals surface area contributed by atoms with Gasteiger partial charge in [0.25, 0.3) is 20.2 Å². The molecule has 3 N–H and O–H groups in total. The van der Waals surface area contributed by atoms with Gasteiger partial charge < -0.3 is 5.11 Å². The SMILES string of the molecule is O=S(=O)(O)c1ccc2cc(N=Nc3cc(S(=O)(=O)O)c4cccnc4c3O)ccc2c1.[Na].[Na]. The van der Waals surface area contributed by atoms with Crippen molar-refractivity contribution in [2.24, 2.45) is 10.2 Å². The van der Waals surface area contributed by atoms with Crippen molar-refractivity contribution in [3.05, 3.63) is 60.8 Å². The van der Waals surface area contributed by atoms with Crippen LogP contribution in [0.1, 0.15) is 0 Å². The predicted octanol–water partition coefficient (Wildman–Crippen LogP) is 3.24. The Hall–Kier alpha value is -1.45. The van der Waals surface area contributed by atoms with Crippen molar-refractivity contribution in [2.75, 3.05) is 0 Å². The van der Waals surface area contributed by atoms with E-state index in [0.29, 0.717) is 16.5 Å². The summed E-state index contributed by atoms with van der Waals surface area (Å²) in [5, 5.41) is 19.5. The monoisotopic (exact) mass is 505 g/mol. The van der Waals surface area contributed by atoms with Gasteiger partial charge in [0.05, 0.1) is 10.6 Å². The number of fused-ring (bicyclic) bond motifs is 2. The van der Waals surface area contributed by atoms with Gasteiger partial charge >= 0.3 is 0 Å². The summed E-state index contributed by atoms with van der Waals surface area (Å²) in [6.45, 7) is 0. The Bertz CT molecular complexity index is 1610. The van der Waals surface area contributed by atoms with Gasteiger partial charge in [-0.25, -0.2) is 0 Å². The van der Waals surface area contributed by atoms with E-state index in [2.05, 4.69) is 15.2 Å². The Morgan fingerprint density at radius 3 is 2.12 bits per heavy atom. The molecule has 0 aliphatic heterocycles. The molecule has 0 atom stereocenters. The molecule has 10 nitrogen and oxygen atoms in total. The van der Waals surface area contributed by atoms with Crippen molar-refractivity contribution < 1.29 is 31.0 Å². The molecule has 0 aliphatic carbocycles. The van der Waals surface area contributed by atoms with Crippen molar-refractivity contribution in [2.45, 2.75) is 9.79 Å². The van der Waals surface area contributed by atoms with Crippen molar-refractivity contribution in [1.82, 2.24) is 4.98 Å². The Balaban J connectivity index is 0.00000193. The van der Waals surface area contributed by atoms with Crippen molar-refractivity contribution in [1.29, 1.82) is 0 Å². The number of rotatable bonds is 4. The summed E-state index contributed by atoms with van der Waals surface area (Å²) >= 11 is 0. The zero-order valence-corrected chi connectivity index (χ0v) is 23.0. The second-order valence-electron chi connectivity index (χ2n) is 6.49. The van der Waals surface area contributed by atoms with Gasteiger partial charge in [0.15, 0.2) is 5.75 Å². The molecule has 33 heavy (non-hydrogen) atoms. The number of phenols is 1. The molecule has 0 bridgehead atoms. The van der Waals surface area contributed by atoms with Gasteiger partial charge in [0, 0.05) is 70.7 Å². The molecule has 0 saturated heterocycles. The zero-order chi connectivity index (χ0) is 22.4. The Morgan fingerprint density at radius 2 is 1.45 bits per heavy atom. The maximum absolute atomic E-state index is 11.7.